The summed E-state index contributed by atoms with van der Waals surface area (Å²) in [7, 11) is 4.30. The zero-order valence-corrected chi connectivity index (χ0v) is 12.8. The molecule has 0 bridgehead atoms. The van der Waals surface area contributed by atoms with Gasteiger partial charge in [-0.05, 0) is 51.1 Å². The lowest BCUT2D eigenvalue weighted by Gasteiger charge is -2.34. The average molecular weight is 285 g/mol. The van der Waals surface area contributed by atoms with Crippen LogP contribution in [-0.4, -0.2) is 48.6 Å². The lowest BCUT2D eigenvalue weighted by atomic mass is 9.96. The number of nitrogens with zero attached hydrogens (tertiary/aromatic N) is 4. The molecule has 112 valence electrons. The third-order valence-corrected chi connectivity index (χ3v) is 4.18. The molecule has 0 spiro atoms. The Bertz CT molecular complexity index is 617. The summed E-state index contributed by atoms with van der Waals surface area (Å²) in [6, 6.07) is 5.87. The van der Waals surface area contributed by atoms with Crippen LogP contribution < -0.4 is 10.6 Å². The van der Waals surface area contributed by atoms with Crippen molar-refractivity contribution in [3.63, 3.8) is 0 Å². The van der Waals surface area contributed by atoms with E-state index in [4.69, 9.17) is 5.73 Å². The van der Waals surface area contributed by atoms with Crippen LogP contribution in [0.1, 0.15) is 12.8 Å². The van der Waals surface area contributed by atoms with Gasteiger partial charge in [0.1, 0.15) is 12.1 Å². The van der Waals surface area contributed by atoms with Crippen molar-refractivity contribution in [2.24, 2.45) is 5.92 Å². The second-order valence-electron chi connectivity index (χ2n) is 6.17. The first-order chi connectivity index (χ1) is 10.1. The normalized spacial score (nSPS) is 16.8. The quantitative estimate of drug-likeness (QED) is 0.874. The number of fused-ring (bicyclic) bond motifs is 1. The number of hydrogen-bond acceptors (Lipinski definition) is 5. The molecule has 5 nitrogen and oxygen atoms in total. The smallest absolute Gasteiger partial charge is 0.139 e. The molecule has 5 heteroatoms. The van der Waals surface area contributed by atoms with Gasteiger partial charge in [-0.25, -0.2) is 9.97 Å². The van der Waals surface area contributed by atoms with Crippen molar-refractivity contribution in [2.75, 3.05) is 44.4 Å². The second-order valence-corrected chi connectivity index (χ2v) is 6.17. The first-order valence-corrected chi connectivity index (χ1v) is 7.53. The molecule has 0 aliphatic carbocycles. The van der Waals surface area contributed by atoms with Crippen molar-refractivity contribution in [2.45, 2.75) is 12.8 Å². The van der Waals surface area contributed by atoms with E-state index in [1.165, 1.54) is 19.4 Å². The fourth-order valence-corrected chi connectivity index (χ4v) is 3.16. The number of anilines is 2. The van der Waals surface area contributed by atoms with Gasteiger partial charge in [0, 0.05) is 30.7 Å². The van der Waals surface area contributed by atoms with E-state index in [1.54, 1.807) is 6.33 Å². The van der Waals surface area contributed by atoms with Crippen LogP contribution >= 0.6 is 0 Å². The van der Waals surface area contributed by atoms with Gasteiger partial charge in [-0.15, -0.1) is 0 Å². The van der Waals surface area contributed by atoms with E-state index in [-0.39, 0.29) is 0 Å². The van der Waals surface area contributed by atoms with Crippen LogP contribution in [0.5, 0.6) is 0 Å². The fraction of sp³-hybridized carbons (Fsp3) is 0.500. The summed E-state index contributed by atoms with van der Waals surface area (Å²) in [5.74, 6) is 1.84. The van der Waals surface area contributed by atoms with Crippen LogP contribution in [0.3, 0.4) is 0 Å². The summed E-state index contributed by atoms with van der Waals surface area (Å²) < 4.78 is 0. The Hall–Kier alpha value is -1.88. The van der Waals surface area contributed by atoms with Crippen LogP contribution in [0.25, 0.3) is 10.9 Å². The second kappa shape index (κ2) is 5.85. The van der Waals surface area contributed by atoms with Crippen LogP contribution in [0.2, 0.25) is 0 Å². The lowest BCUT2D eigenvalue weighted by molar-refractivity contribution is 0.285. The monoisotopic (exact) mass is 285 g/mol. The average Bonchev–Trinajstić information content (AvgIpc) is 2.46. The minimum Gasteiger partial charge on any atom is -0.399 e. The van der Waals surface area contributed by atoms with E-state index in [1.807, 2.05) is 18.2 Å². The summed E-state index contributed by atoms with van der Waals surface area (Å²) >= 11 is 0. The van der Waals surface area contributed by atoms with E-state index in [0.29, 0.717) is 0 Å². The topological polar surface area (TPSA) is 58.3 Å². The molecule has 0 unspecified atom stereocenters. The molecule has 1 aromatic heterocycles. The molecule has 0 saturated carbocycles. The Labute approximate surface area is 125 Å². The highest BCUT2D eigenvalue weighted by Crippen LogP contribution is 2.28. The van der Waals surface area contributed by atoms with Crippen molar-refractivity contribution in [1.29, 1.82) is 0 Å². The first kappa shape index (κ1) is 14.1. The van der Waals surface area contributed by atoms with Crippen molar-refractivity contribution in [1.82, 2.24) is 14.9 Å². The molecule has 1 aliphatic rings. The molecule has 2 heterocycles. The van der Waals surface area contributed by atoms with E-state index in [2.05, 4.69) is 33.9 Å². The number of nitrogens with two attached hydrogens (primary N) is 1. The maximum atomic E-state index is 5.84. The maximum absolute atomic E-state index is 5.84. The molecule has 1 fully saturated rings. The zero-order valence-electron chi connectivity index (χ0n) is 12.8. The van der Waals surface area contributed by atoms with Gasteiger partial charge in [0.2, 0.25) is 0 Å². The van der Waals surface area contributed by atoms with Crippen LogP contribution in [0, 0.1) is 5.92 Å². The highest BCUT2D eigenvalue weighted by Gasteiger charge is 2.21. The SMILES string of the molecule is CN(C)CC1CCN(c2ncnc3cc(N)ccc23)CC1. The largest absolute Gasteiger partial charge is 0.399 e. The summed E-state index contributed by atoms with van der Waals surface area (Å²) in [5.41, 5.74) is 7.51. The fourth-order valence-electron chi connectivity index (χ4n) is 3.16. The summed E-state index contributed by atoms with van der Waals surface area (Å²) in [4.78, 5) is 13.5. The molecule has 2 aromatic rings. The molecule has 1 aliphatic heterocycles. The summed E-state index contributed by atoms with van der Waals surface area (Å²) in [5, 5.41) is 1.10. The number of aromatic nitrogens is 2. The molecule has 1 saturated heterocycles. The van der Waals surface area contributed by atoms with Crippen LogP contribution in [0.15, 0.2) is 24.5 Å². The highest BCUT2D eigenvalue weighted by atomic mass is 15.2. The summed E-state index contributed by atoms with van der Waals surface area (Å²) in [6.07, 6.45) is 4.08. The van der Waals surface area contributed by atoms with Gasteiger partial charge in [-0.1, -0.05) is 0 Å². The third kappa shape index (κ3) is 3.08. The Kier molecular flexibility index (Phi) is 3.92. The molecule has 3 rings (SSSR count). The molecule has 0 radical (unpaired) electrons. The first-order valence-electron chi connectivity index (χ1n) is 7.53. The van der Waals surface area contributed by atoms with Gasteiger partial charge in [0.15, 0.2) is 0 Å². The zero-order chi connectivity index (χ0) is 14.8. The lowest BCUT2D eigenvalue weighted by Crippen LogP contribution is -2.37. The Morgan fingerprint density at radius 1 is 1.24 bits per heavy atom. The molecule has 0 atom stereocenters. The maximum Gasteiger partial charge on any atom is 0.139 e. The van der Waals surface area contributed by atoms with Gasteiger partial charge in [0.05, 0.1) is 5.52 Å². The van der Waals surface area contributed by atoms with Crippen LogP contribution in [0.4, 0.5) is 11.5 Å². The molecule has 2 N–H and O–H groups in total. The standard InChI is InChI=1S/C16H23N5/c1-20(2)10-12-5-7-21(8-6-12)16-14-4-3-13(17)9-15(14)18-11-19-16/h3-4,9,11-12H,5-8,10,17H2,1-2H3. The van der Waals surface area contributed by atoms with E-state index in [9.17, 15) is 0 Å². The number of rotatable bonds is 3. The number of nitrogen functional groups attached to an aromatic ring is 1. The Morgan fingerprint density at radius 2 is 2.00 bits per heavy atom. The van der Waals surface area contributed by atoms with Crippen molar-refractivity contribution in [3.8, 4) is 0 Å². The van der Waals surface area contributed by atoms with E-state index in [0.717, 1.165) is 41.4 Å². The van der Waals surface area contributed by atoms with Gasteiger partial charge < -0.3 is 15.5 Å². The number of hydrogen-bond donors (Lipinski definition) is 1. The van der Waals surface area contributed by atoms with Gasteiger partial charge in [-0.2, -0.15) is 0 Å². The predicted octanol–water partition coefficient (Wildman–Crippen LogP) is 1.99. The van der Waals surface area contributed by atoms with Crippen molar-refractivity contribution in [3.05, 3.63) is 24.5 Å². The predicted molar refractivity (Wildman–Crippen MR) is 87.4 cm³/mol. The molecular weight excluding hydrogens is 262 g/mol. The highest BCUT2D eigenvalue weighted by molar-refractivity contribution is 5.91. The van der Waals surface area contributed by atoms with E-state index < -0.39 is 0 Å². The van der Waals surface area contributed by atoms with Gasteiger partial charge in [0.25, 0.3) is 0 Å². The Balaban J connectivity index is 1.79. The minimum absolute atomic E-state index is 0.747. The van der Waals surface area contributed by atoms with Gasteiger partial charge >= 0.3 is 0 Å². The molecular formula is C16H23N5. The number of benzene rings is 1. The Morgan fingerprint density at radius 3 is 2.71 bits per heavy atom. The summed E-state index contributed by atoms with van der Waals surface area (Å²) in [6.45, 7) is 3.30. The van der Waals surface area contributed by atoms with Gasteiger partial charge in [-0.3, -0.25) is 0 Å². The third-order valence-electron chi connectivity index (χ3n) is 4.18. The van der Waals surface area contributed by atoms with Crippen molar-refractivity contribution >= 4 is 22.4 Å². The molecule has 0 amide bonds. The number of piperidine rings is 1. The van der Waals surface area contributed by atoms with Crippen molar-refractivity contribution < 1.29 is 0 Å². The van der Waals surface area contributed by atoms with E-state index >= 15 is 0 Å². The minimum atomic E-state index is 0.747. The molecule has 21 heavy (non-hydrogen) atoms. The molecule has 1 aromatic carbocycles. The van der Waals surface area contributed by atoms with Crippen LogP contribution in [-0.2, 0) is 0 Å².